The van der Waals surface area contributed by atoms with Crippen molar-refractivity contribution >= 4 is 61.3 Å². The summed E-state index contributed by atoms with van der Waals surface area (Å²) in [4.78, 5) is 12.9. The van der Waals surface area contributed by atoms with Gasteiger partial charge in [-0.05, 0) is 48.0 Å². The third-order valence-electron chi connectivity index (χ3n) is 4.43. The van der Waals surface area contributed by atoms with Crippen LogP contribution in [-0.2, 0) is 16.6 Å². The van der Waals surface area contributed by atoms with Gasteiger partial charge in [0.05, 0.1) is 29.1 Å². The molecule has 0 fully saturated rings. The molecule has 4 rings (SSSR count). The van der Waals surface area contributed by atoms with E-state index in [4.69, 9.17) is 11.6 Å². The molecule has 0 saturated carbocycles. The number of benzene rings is 2. The van der Waals surface area contributed by atoms with Crippen LogP contribution in [-0.4, -0.2) is 18.6 Å². The van der Waals surface area contributed by atoms with E-state index in [2.05, 4.69) is 30.7 Å². The van der Waals surface area contributed by atoms with Crippen LogP contribution in [0.4, 0.5) is 5.69 Å². The van der Waals surface area contributed by atoms with Crippen molar-refractivity contribution in [3.8, 4) is 0 Å². The molecule has 0 atom stereocenters. The van der Waals surface area contributed by atoms with Crippen molar-refractivity contribution in [1.29, 1.82) is 0 Å². The summed E-state index contributed by atoms with van der Waals surface area (Å²) in [6.07, 6.45) is 6.48. The fraction of sp³-hybridized carbons (Fsp3) is 0.0500. The van der Waals surface area contributed by atoms with Gasteiger partial charge >= 0.3 is 0 Å². The number of nitrogens with zero attached hydrogens (tertiary/aromatic N) is 1. The second-order valence-corrected chi connectivity index (χ2v) is 10.4. The highest BCUT2D eigenvalue weighted by atomic mass is 79.9. The summed E-state index contributed by atoms with van der Waals surface area (Å²) in [6.45, 7) is 0.293. The summed E-state index contributed by atoms with van der Waals surface area (Å²) in [5.74, 6) is -0.422. The molecule has 2 aromatic carbocycles. The van der Waals surface area contributed by atoms with E-state index in [1.165, 1.54) is 36.4 Å². The highest BCUT2D eigenvalue weighted by molar-refractivity contribution is 9.10. The van der Waals surface area contributed by atoms with Crippen molar-refractivity contribution in [2.24, 2.45) is 0 Å². The number of sulfonamides is 1. The van der Waals surface area contributed by atoms with Gasteiger partial charge in [0.15, 0.2) is 0 Å². The summed E-state index contributed by atoms with van der Waals surface area (Å²) < 4.78 is 34.3. The number of hydrogen-bond donors (Lipinski definition) is 3. The molecule has 3 N–H and O–H groups in total. The van der Waals surface area contributed by atoms with Gasteiger partial charge in [0.25, 0.3) is 15.9 Å². The van der Waals surface area contributed by atoms with Gasteiger partial charge in [-0.2, -0.15) is 0 Å². The van der Waals surface area contributed by atoms with Gasteiger partial charge in [-0.25, -0.2) is 8.42 Å². The van der Waals surface area contributed by atoms with Gasteiger partial charge in [-0.1, -0.05) is 39.7 Å². The van der Waals surface area contributed by atoms with E-state index in [1.54, 1.807) is 22.8 Å². The van der Waals surface area contributed by atoms with Crippen LogP contribution in [0.25, 0.3) is 0 Å². The van der Waals surface area contributed by atoms with Crippen molar-refractivity contribution in [1.82, 2.24) is 14.3 Å². The second kappa shape index (κ2) is 8.99. The van der Waals surface area contributed by atoms with Crippen molar-refractivity contribution < 1.29 is 13.2 Å². The number of halogens is 2. The zero-order chi connectivity index (χ0) is 22.0. The van der Waals surface area contributed by atoms with Gasteiger partial charge in [0.2, 0.25) is 0 Å². The summed E-state index contributed by atoms with van der Waals surface area (Å²) in [5.41, 5.74) is 1.66. The maximum absolute atomic E-state index is 13.1. The van der Waals surface area contributed by atoms with E-state index < -0.39 is 15.9 Å². The van der Waals surface area contributed by atoms with Gasteiger partial charge in [-0.3, -0.25) is 13.8 Å². The lowest BCUT2D eigenvalue weighted by Crippen LogP contribution is -2.26. The van der Waals surface area contributed by atoms with Crippen LogP contribution < -0.4 is 14.8 Å². The summed E-state index contributed by atoms with van der Waals surface area (Å²) in [5, 5.41) is 3.11. The number of carbonyl (C=O) groups excluding carboxylic acids is 1. The van der Waals surface area contributed by atoms with Crippen LogP contribution in [0.3, 0.4) is 0 Å². The SMILES string of the molecule is O=C(NCc1ccc(Br)cc1)c1ccc(Cl)cc1NS(=O)(=O)C1=CC=CN2SNC=C12. The molecule has 2 heterocycles. The summed E-state index contributed by atoms with van der Waals surface area (Å²) >= 11 is 10.7. The van der Waals surface area contributed by atoms with E-state index in [0.29, 0.717) is 17.3 Å². The first kappa shape index (κ1) is 21.8. The van der Waals surface area contributed by atoms with Crippen LogP contribution in [0.15, 0.2) is 82.1 Å². The number of nitrogens with one attached hydrogen (secondary N) is 3. The van der Waals surface area contributed by atoms with Crippen LogP contribution in [0.5, 0.6) is 0 Å². The first-order valence-corrected chi connectivity index (χ1v) is 12.4. The van der Waals surface area contributed by atoms with Gasteiger partial charge < -0.3 is 10.0 Å². The normalized spacial score (nSPS) is 15.0. The first-order chi connectivity index (χ1) is 14.8. The Morgan fingerprint density at radius 2 is 1.97 bits per heavy atom. The fourth-order valence-electron chi connectivity index (χ4n) is 2.94. The average Bonchev–Trinajstić information content (AvgIpc) is 3.22. The molecule has 31 heavy (non-hydrogen) atoms. The molecule has 0 spiro atoms. The standard InChI is InChI=1S/C20H16BrClN4O3S2/c21-14-5-3-13(4-6-14)11-23-20(27)16-8-7-15(22)10-17(16)25-31(28,29)19-2-1-9-26-18(19)12-24-30-26/h1-10,12,24-25H,11H2,(H,23,27). The van der Waals surface area contributed by atoms with Gasteiger partial charge in [0, 0.05) is 28.4 Å². The molecule has 0 aromatic heterocycles. The number of allylic oxidation sites excluding steroid dienone is 2. The number of fused-ring (bicyclic) bond motifs is 1. The van der Waals surface area contributed by atoms with Crippen molar-refractivity contribution in [3.63, 3.8) is 0 Å². The Morgan fingerprint density at radius 3 is 2.74 bits per heavy atom. The number of rotatable bonds is 6. The lowest BCUT2D eigenvalue weighted by Gasteiger charge is -2.21. The van der Waals surface area contributed by atoms with Crippen LogP contribution in [0.1, 0.15) is 15.9 Å². The van der Waals surface area contributed by atoms with Crippen molar-refractivity contribution in [2.75, 3.05) is 4.72 Å². The third-order valence-corrected chi connectivity index (χ3v) is 7.35. The minimum Gasteiger partial charge on any atom is -0.348 e. The Balaban J connectivity index is 1.56. The molecule has 11 heteroatoms. The fourth-order valence-corrected chi connectivity index (χ4v) is 5.35. The molecule has 160 valence electrons. The Bertz CT molecular complexity index is 1230. The summed E-state index contributed by atoms with van der Waals surface area (Å²) in [7, 11) is -3.98. The highest BCUT2D eigenvalue weighted by Gasteiger charge is 2.30. The van der Waals surface area contributed by atoms with E-state index in [0.717, 1.165) is 10.0 Å². The molecule has 0 unspecified atom stereocenters. The second-order valence-electron chi connectivity index (χ2n) is 6.54. The molecule has 2 aliphatic rings. The lowest BCUT2D eigenvalue weighted by molar-refractivity contribution is 0.0952. The number of amides is 1. The Hall–Kier alpha value is -2.40. The molecule has 2 aromatic rings. The molecule has 7 nitrogen and oxygen atoms in total. The zero-order valence-corrected chi connectivity index (χ0v) is 19.8. The Kier molecular flexibility index (Phi) is 6.33. The van der Waals surface area contributed by atoms with E-state index >= 15 is 0 Å². The minimum atomic E-state index is -3.98. The maximum atomic E-state index is 13.1. The number of hydrogen-bond acceptors (Lipinski definition) is 6. The quantitative estimate of drug-likeness (QED) is 0.469. The zero-order valence-electron chi connectivity index (χ0n) is 15.8. The lowest BCUT2D eigenvalue weighted by atomic mass is 10.1. The van der Waals surface area contributed by atoms with Crippen molar-refractivity contribution in [3.05, 3.63) is 98.2 Å². The smallest absolute Gasteiger partial charge is 0.264 e. The molecule has 0 saturated heterocycles. The van der Waals surface area contributed by atoms with E-state index in [9.17, 15) is 13.2 Å². The minimum absolute atomic E-state index is 0.0775. The van der Waals surface area contributed by atoms with Crippen LogP contribution >= 0.6 is 39.7 Å². The molecular weight excluding hydrogens is 524 g/mol. The van der Waals surface area contributed by atoms with E-state index in [1.807, 2.05) is 24.3 Å². The third kappa shape index (κ3) is 4.93. The molecule has 0 bridgehead atoms. The number of carbonyl (C=O) groups is 1. The average molecular weight is 540 g/mol. The Labute approximate surface area is 197 Å². The predicted molar refractivity (Wildman–Crippen MR) is 127 cm³/mol. The summed E-state index contributed by atoms with van der Waals surface area (Å²) in [6, 6.07) is 12.0. The van der Waals surface area contributed by atoms with E-state index in [-0.39, 0.29) is 16.2 Å². The first-order valence-electron chi connectivity index (χ1n) is 8.99. The number of anilines is 1. The van der Waals surface area contributed by atoms with Gasteiger partial charge in [0.1, 0.15) is 4.91 Å². The maximum Gasteiger partial charge on any atom is 0.264 e. The molecule has 0 aliphatic carbocycles. The van der Waals surface area contributed by atoms with Crippen LogP contribution in [0, 0.1) is 0 Å². The molecule has 0 radical (unpaired) electrons. The molecule has 2 aliphatic heterocycles. The molecular formula is C20H16BrClN4O3S2. The largest absolute Gasteiger partial charge is 0.348 e. The van der Waals surface area contributed by atoms with Crippen molar-refractivity contribution in [2.45, 2.75) is 6.54 Å². The van der Waals surface area contributed by atoms with Gasteiger partial charge in [-0.15, -0.1) is 0 Å². The monoisotopic (exact) mass is 538 g/mol. The molecule has 1 amide bonds. The topological polar surface area (TPSA) is 90.5 Å². The van der Waals surface area contributed by atoms with Crippen LogP contribution in [0.2, 0.25) is 5.02 Å². The Morgan fingerprint density at radius 1 is 1.19 bits per heavy atom. The predicted octanol–water partition coefficient (Wildman–Crippen LogP) is 4.50. The highest BCUT2D eigenvalue weighted by Crippen LogP contribution is 2.34.